The lowest BCUT2D eigenvalue weighted by Gasteiger charge is -2.04. The molecule has 0 aromatic heterocycles. The highest BCUT2D eigenvalue weighted by Crippen LogP contribution is 2.21. The lowest BCUT2D eigenvalue weighted by Crippen LogP contribution is -1.88. The summed E-state index contributed by atoms with van der Waals surface area (Å²) in [6.07, 6.45) is 4.77. The molecule has 0 aliphatic carbocycles. The van der Waals surface area contributed by atoms with Gasteiger partial charge in [0.15, 0.2) is 0 Å². The molecule has 0 N–H and O–H groups in total. The maximum atomic E-state index is 13.5. The van der Waals surface area contributed by atoms with E-state index in [2.05, 4.69) is 19.6 Å². The second-order valence-electron chi connectivity index (χ2n) is 3.47. The van der Waals surface area contributed by atoms with Gasteiger partial charge in [-0.05, 0) is 25.0 Å². The predicted molar refractivity (Wildman–Crippen MR) is 63.1 cm³/mol. The van der Waals surface area contributed by atoms with Gasteiger partial charge in [-0.1, -0.05) is 38.5 Å². The Labute approximate surface area is 91.1 Å². The van der Waals surface area contributed by atoms with E-state index in [4.69, 9.17) is 0 Å². The summed E-state index contributed by atoms with van der Waals surface area (Å²) in [4.78, 5) is 0. The predicted octanol–water partition coefficient (Wildman–Crippen LogP) is 4.57. The van der Waals surface area contributed by atoms with Gasteiger partial charge in [-0.15, -0.1) is 5.73 Å². The zero-order chi connectivity index (χ0) is 11.1. The molecule has 0 saturated carbocycles. The van der Waals surface area contributed by atoms with Crippen LogP contribution >= 0.6 is 0 Å². The normalized spacial score (nSPS) is 9.53. The molecule has 0 amide bonds. The van der Waals surface area contributed by atoms with E-state index in [9.17, 15) is 4.39 Å². The lowest BCUT2D eigenvalue weighted by molar-refractivity contribution is 0.623. The van der Waals surface area contributed by atoms with Crippen LogP contribution in [0.1, 0.15) is 38.7 Å². The monoisotopic (exact) mass is 204 g/mol. The quantitative estimate of drug-likeness (QED) is 0.630. The largest absolute Gasteiger partial charge is 0.206 e. The fourth-order valence-electron chi connectivity index (χ4n) is 1.47. The average molecular weight is 204 g/mol. The molecule has 0 unspecified atom stereocenters. The first-order chi connectivity index (χ1) is 7.29. The minimum atomic E-state index is -0.155. The summed E-state index contributed by atoms with van der Waals surface area (Å²) < 4.78 is 13.5. The van der Waals surface area contributed by atoms with Crippen molar-refractivity contribution in [3.8, 4) is 0 Å². The van der Waals surface area contributed by atoms with Crippen molar-refractivity contribution >= 4 is 5.57 Å². The molecule has 1 rings (SSSR count). The molecule has 0 spiro atoms. The molecule has 1 aromatic rings. The third kappa shape index (κ3) is 3.38. The zero-order valence-electron chi connectivity index (χ0n) is 9.39. The molecular weight excluding hydrogens is 187 g/mol. The van der Waals surface area contributed by atoms with Gasteiger partial charge in [0.05, 0.1) is 0 Å². The molecule has 15 heavy (non-hydrogen) atoms. The Bertz CT molecular complexity index is 371. The molecular formula is C14H17F. The van der Waals surface area contributed by atoms with E-state index in [1.807, 2.05) is 18.2 Å². The molecule has 0 nitrogen and oxygen atoms in total. The van der Waals surface area contributed by atoms with Crippen LogP contribution in [0.3, 0.4) is 0 Å². The van der Waals surface area contributed by atoms with Crippen LogP contribution in [0.4, 0.5) is 4.39 Å². The van der Waals surface area contributed by atoms with Crippen molar-refractivity contribution in [2.45, 2.75) is 33.1 Å². The van der Waals surface area contributed by atoms with Crippen LogP contribution in [0.15, 0.2) is 36.1 Å². The molecule has 1 heteroatoms. The summed E-state index contributed by atoms with van der Waals surface area (Å²) in [6.45, 7) is 4.15. The van der Waals surface area contributed by atoms with E-state index >= 15 is 0 Å². The SMILES string of the molecule is CCC=C=C(CCC)c1ccccc1F. The Morgan fingerprint density at radius 2 is 2.07 bits per heavy atom. The summed E-state index contributed by atoms with van der Waals surface area (Å²) in [5.74, 6) is -0.155. The molecule has 0 bridgehead atoms. The van der Waals surface area contributed by atoms with E-state index in [1.165, 1.54) is 6.07 Å². The molecule has 0 aliphatic rings. The number of halogens is 1. The molecule has 0 saturated heterocycles. The van der Waals surface area contributed by atoms with Crippen LogP contribution in [-0.2, 0) is 0 Å². The van der Waals surface area contributed by atoms with Gasteiger partial charge in [-0.2, -0.15) is 0 Å². The highest BCUT2D eigenvalue weighted by atomic mass is 19.1. The van der Waals surface area contributed by atoms with Gasteiger partial charge in [-0.25, -0.2) is 4.39 Å². The fraction of sp³-hybridized carbons (Fsp3) is 0.357. The molecule has 0 radical (unpaired) electrons. The van der Waals surface area contributed by atoms with Crippen LogP contribution in [-0.4, -0.2) is 0 Å². The summed E-state index contributed by atoms with van der Waals surface area (Å²) in [5.41, 5.74) is 4.83. The van der Waals surface area contributed by atoms with Gasteiger partial charge in [0.25, 0.3) is 0 Å². The number of rotatable bonds is 4. The van der Waals surface area contributed by atoms with Crippen LogP contribution in [0.2, 0.25) is 0 Å². The Hall–Kier alpha value is -1.33. The van der Waals surface area contributed by atoms with Crippen molar-refractivity contribution < 1.29 is 4.39 Å². The smallest absolute Gasteiger partial charge is 0.131 e. The van der Waals surface area contributed by atoms with Crippen LogP contribution < -0.4 is 0 Å². The second kappa shape index (κ2) is 6.21. The first kappa shape index (κ1) is 11.7. The minimum Gasteiger partial charge on any atom is -0.206 e. The minimum absolute atomic E-state index is 0.155. The van der Waals surface area contributed by atoms with Crippen LogP contribution in [0, 0.1) is 5.82 Å². The Balaban J connectivity index is 3.10. The third-order valence-corrected chi connectivity index (χ3v) is 2.18. The van der Waals surface area contributed by atoms with Gasteiger partial charge < -0.3 is 0 Å². The van der Waals surface area contributed by atoms with Gasteiger partial charge in [-0.3, -0.25) is 0 Å². The Morgan fingerprint density at radius 3 is 2.67 bits per heavy atom. The maximum absolute atomic E-state index is 13.5. The van der Waals surface area contributed by atoms with Gasteiger partial charge >= 0.3 is 0 Å². The van der Waals surface area contributed by atoms with Crippen molar-refractivity contribution in [2.75, 3.05) is 0 Å². The van der Waals surface area contributed by atoms with Gasteiger partial charge in [0.1, 0.15) is 5.82 Å². The zero-order valence-corrected chi connectivity index (χ0v) is 9.39. The van der Waals surface area contributed by atoms with E-state index in [1.54, 1.807) is 6.07 Å². The standard InChI is InChI=1S/C14H17F/c1-3-5-9-12(8-4-2)13-10-6-7-11-14(13)15/h5-7,10-11H,3-4,8H2,1-2H3. The number of benzene rings is 1. The van der Waals surface area contributed by atoms with Crippen molar-refractivity contribution in [1.82, 2.24) is 0 Å². The van der Waals surface area contributed by atoms with Crippen LogP contribution in [0.5, 0.6) is 0 Å². The first-order valence-corrected chi connectivity index (χ1v) is 5.48. The van der Waals surface area contributed by atoms with Crippen molar-refractivity contribution in [3.05, 3.63) is 47.5 Å². The summed E-state index contributed by atoms with van der Waals surface area (Å²) in [6, 6.07) is 6.89. The molecule has 80 valence electrons. The van der Waals surface area contributed by atoms with E-state index in [0.29, 0.717) is 5.56 Å². The maximum Gasteiger partial charge on any atom is 0.131 e. The fourth-order valence-corrected chi connectivity index (χ4v) is 1.47. The third-order valence-electron chi connectivity index (χ3n) is 2.18. The Morgan fingerprint density at radius 1 is 1.33 bits per heavy atom. The summed E-state index contributed by atoms with van der Waals surface area (Å²) in [7, 11) is 0. The molecule has 1 aromatic carbocycles. The molecule has 0 atom stereocenters. The van der Waals surface area contributed by atoms with E-state index < -0.39 is 0 Å². The van der Waals surface area contributed by atoms with E-state index in [0.717, 1.165) is 24.8 Å². The topological polar surface area (TPSA) is 0 Å². The van der Waals surface area contributed by atoms with E-state index in [-0.39, 0.29) is 5.82 Å². The average Bonchev–Trinajstić information content (AvgIpc) is 2.25. The number of hydrogen-bond acceptors (Lipinski definition) is 0. The van der Waals surface area contributed by atoms with Crippen molar-refractivity contribution in [2.24, 2.45) is 0 Å². The first-order valence-electron chi connectivity index (χ1n) is 5.48. The number of allylic oxidation sites excluding steroid dienone is 1. The molecule has 0 heterocycles. The highest BCUT2D eigenvalue weighted by Gasteiger charge is 2.04. The van der Waals surface area contributed by atoms with Gasteiger partial charge in [0.2, 0.25) is 0 Å². The molecule has 0 fully saturated rings. The molecule has 0 aliphatic heterocycles. The summed E-state index contributed by atoms with van der Waals surface area (Å²) in [5, 5.41) is 0. The Kier molecular flexibility index (Phi) is 4.86. The summed E-state index contributed by atoms with van der Waals surface area (Å²) >= 11 is 0. The second-order valence-corrected chi connectivity index (χ2v) is 3.47. The van der Waals surface area contributed by atoms with Crippen molar-refractivity contribution in [1.29, 1.82) is 0 Å². The van der Waals surface area contributed by atoms with Crippen LogP contribution in [0.25, 0.3) is 5.57 Å². The van der Waals surface area contributed by atoms with Crippen molar-refractivity contribution in [3.63, 3.8) is 0 Å². The highest BCUT2D eigenvalue weighted by molar-refractivity contribution is 5.65. The number of hydrogen-bond donors (Lipinski definition) is 0. The lowest BCUT2D eigenvalue weighted by atomic mass is 10.0. The van der Waals surface area contributed by atoms with Gasteiger partial charge in [0, 0.05) is 11.1 Å².